The van der Waals surface area contributed by atoms with E-state index in [1.807, 2.05) is 12.1 Å². The molecule has 0 spiro atoms. The summed E-state index contributed by atoms with van der Waals surface area (Å²) in [7, 11) is 1.68. The van der Waals surface area contributed by atoms with Crippen molar-refractivity contribution in [2.75, 3.05) is 20.2 Å². The quantitative estimate of drug-likeness (QED) is 0.819. The second-order valence-corrected chi connectivity index (χ2v) is 4.41. The van der Waals surface area contributed by atoms with E-state index in [2.05, 4.69) is 5.32 Å². The molecule has 88 valence electrons. The Balaban J connectivity index is 2.09. The molecule has 1 saturated heterocycles. The maximum atomic E-state index is 9.49. The van der Waals surface area contributed by atoms with Gasteiger partial charge in [0.05, 0.1) is 7.11 Å². The molecule has 1 aliphatic rings. The van der Waals surface area contributed by atoms with Crippen molar-refractivity contribution in [2.24, 2.45) is 5.92 Å². The van der Waals surface area contributed by atoms with Crippen LogP contribution >= 0.6 is 0 Å². The van der Waals surface area contributed by atoms with Crippen molar-refractivity contribution < 1.29 is 9.84 Å². The standard InChI is InChI=1S/C13H19NO2/c1-16-13-5-4-12(15)8-11(13)7-10-3-2-6-14-9-10/h4-5,8,10,14-15H,2-3,6-7,9H2,1H3. The minimum absolute atomic E-state index is 0.319. The van der Waals surface area contributed by atoms with Crippen LogP contribution in [0.1, 0.15) is 18.4 Å². The zero-order valence-electron chi connectivity index (χ0n) is 9.70. The van der Waals surface area contributed by atoms with Crippen molar-refractivity contribution in [3.63, 3.8) is 0 Å². The Morgan fingerprint density at radius 1 is 1.50 bits per heavy atom. The number of hydrogen-bond donors (Lipinski definition) is 2. The van der Waals surface area contributed by atoms with Crippen LogP contribution in [0.25, 0.3) is 0 Å². The van der Waals surface area contributed by atoms with Gasteiger partial charge in [0.25, 0.3) is 0 Å². The maximum absolute atomic E-state index is 9.49. The van der Waals surface area contributed by atoms with E-state index in [1.165, 1.54) is 12.8 Å². The average Bonchev–Trinajstić information content (AvgIpc) is 2.31. The molecule has 1 fully saturated rings. The number of nitrogens with one attached hydrogen (secondary N) is 1. The third kappa shape index (κ3) is 2.67. The van der Waals surface area contributed by atoms with Gasteiger partial charge in [-0.1, -0.05) is 0 Å². The van der Waals surface area contributed by atoms with Crippen molar-refractivity contribution in [3.8, 4) is 11.5 Å². The van der Waals surface area contributed by atoms with Crippen LogP contribution in [-0.4, -0.2) is 25.3 Å². The summed E-state index contributed by atoms with van der Waals surface area (Å²) in [5, 5.41) is 12.9. The van der Waals surface area contributed by atoms with Crippen molar-refractivity contribution in [2.45, 2.75) is 19.3 Å². The molecule has 1 heterocycles. The number of ether oxygens (including phenoxy) is 1. The predicted molar refractivity (Wildman–Crippen MR) is 64.0 cm³/mol. The zero-order valence-corrected chi connectivity index (χ0v) is 9.70. The molecule has 1 aromatic carbocycles. The molecular weight excluding hydrogens is 202 g/mol. The monoisotopic (exact) mass is 221 g/mol. The molecule has 0 amide bonds. The summed E-state index contributed by atoms with van der Waals surface area (Å²) in [6.07, 6.45) is 3.47. The molecule has 1 atom stereocenters. The van der Waals surface area contributed by atoms with E-state index in [-0.39, 0.29) is 0 Å². The largest absolute Gasteiger partial charge is 0.508 e. The highest BCUT2D eigenvalue weighted by Crippen LogP contribution is 2.27. The Labute approximate surface area is 96.4 Å². The zero-order chi connectivity index (χ0) is 11.4. The lowest BCUT2D eigenvalue weighted by Gasteiger charge is -2.23. The summed E-state index contributed by atoms with van der Waals surface area (Å²) < 4.78 is 5.31. The maximum Gasteiger partial charge on any atom is 0.122 e. The topological polar surface area (TPSA) is 41.5 Å². The molecule has 1 aliphatic heterocycles. The number of phenolic OH excluding ortho intramolecular Hbond substituents is 1. The Hall–Kier alpha value is -1.22. The highest BCUT2D eigenvalue weighted by Gasteiger charge is 2.15. The lowest BCUT2D eigenvalue weighted by molar-refractivity contribution is 0.362. The van der Waals surface area contributed by atoms with E-state index >= 15 is 0 Å². The third-order valence-electron chi connectivity index (χ3n) is 3.17. The van der Waals surface area contributed by atoms with Gasteiger partial charge in [-0.15, -0.1) is 0 Å². The number of rotatable bonds is 3. The van der Waals surface area contributed by atoms with Crippen LogP contribution in [0.5, 0.6) is 11.5 Å². The Morgan fingerprint density at radius 2 is 2.38 bits per heavy atom. The van der Waals surface area contributed by atoms with E-state index in [9.17, 15) is 5.11 Å². The highest BCUT2D eigenvalue weighted by atomic mass is 16.5. The van der Waals surface area contributed by atoms with Crippen molar-refractivity contribution in [3.05, 3.63) is 23.8 Å². The molecule has 1 aromatic rings. The smallest absolute Gasteiger partial charge is 0.122 e. The Bertz CT molecular complexity index is 346. The minimum atomic E-state index is 0.319. The molecule has 3 nitrogen and oxygen atoms in total. The fourth-order valence-corrected chi connectivity index (χ4v) is 2.33. The van der Waals surface area contributed by atoms with Gasteiger partial charge in [-0.05, 0) is 62.0 Å². The molecule has 2 rings (SSSR count). The van der Waals surface area contributed by atoms with Gasteiger partial charge in [-0.2, -0.15) is 0 Å². The van der Waals surface area contributed by atoms with Gasteiger partial charge < -0.3 is 15.2 Å². The minimum Gasteiger partial charge on any atom is -0.508 e. The van der Waals surface area contributed by atoms with Crippen LogP contribution in [0.4, 0.5) is 0 Å². The second kappa shape index (κ2) is 5.21. The molecule has 2 N–H and O–H groups in total. The number of piperidine rings is 1. The van der Waals surface area contributed by atoms with Crippen molar-refractivity contribution in [1.29, 1.82) is 0 Å². The van der Waals surface area contributed by atoms with Gasteiger partial charge >= 0.3 is 0 Å². The van der Waals surface area contributed by atoms with Crippen molar-refractivity contribution in [1.82, 2.24) is 5.32 Å². The SMILES string of the molecule is COc1ccc(O)cc1CC1CCCNC1. The van der Waals surface area contributed by atoms with Gasteiger partial charge in [0, 0.05) is 0 Å². The molecule has 0 aliphatic carbocycles. The molecule has 16 heavy (non-hydrogen) atoms. The number of methoxy groups -OCH3 is 1. The summed E-state index contributed by atoms with van der Waals surface area (Å²) in [6, 6.07) is 5.32. The highest BCUT2D eigenvalue weighted by molar-refractivity contribution is 5.39. The molecule has 0 aromatic heterocycles. The fraction of sp³-hybridized carbons (Fsp3) is 0.538. The van der Waals surface area contributed by atoms with Gasteiger partial charge in [0.15, 0.2) is 0 Å². The molecule has 0 radical (unpaired) electrons. The summed E-state index contributed by atoms with van der Waals surface area (Å²) >= 11 is 0. The first-order valence-corrected chi connectivity index (χ1v) is 5.86. The van der Waals surface area contributed by atoms with E-state index in [0.29, 0.717) is 11.7 Å². The molecular formula is C13H19NO2. The van der Waals surface area contributed by atoms with Crippen molar-refractivity contribution >= 4 is 0 Å². The Kier molecular flexibility index (Phi) is 3.67. The molecule has 1 unspecified atom stereocenters. The van der Waals surface area contributed by atoms with E-state index in [0.717, 1.165) is 30.8 Å². The second-order valence-electron chi connectivity index (χ2n) is 4.41. The fourth-order valence-electron chi connectivity index (χ4n) is 2.33. The normalized spacial score (nSPS) is 20.7. The number of aromatic hydroxyl groups is 1. The van der Waals surface area contributed by atoms with Crippen LogP contribution in [0.15, 0.2) is 18.2 Å². The first-order valence-electron chi connectivity index (χ1n) is 5.86. The average molecular weight is 221 g/mol. The van der Waals surface area contributed by atoms with Gasteiger partial charge in [0.1, 0.15) is 11.5 Å². The molecule has 0 saturated carbocycles. The number of phenols is 1. The first-order chi connectivity index (χ1) is 7.79. The third-order valence-corrected chi connectivity index (χ3v) is 3.17. The van der Waals surface area contributed by atoms with Crippen LogP contribution < -0.4 is 10.1 Å². The van der Waals surface area contributed by atoms with E-state index < -0.39 is 0 Å². The number of hydrogen-bond acceptors (Lipinski definition) is 3. The lowest BCUT2D eigenvalue weighted by Crippen LogP contribution is -2.30. The predicted octanol–water partition coefficient (Wildman–Crippen LogP) is 1.94. The van der Waals surface area contributed by atoms with Gasteiger partial charge in [0.2, 0.25) is 0 Å². The first kappa shape index (κ1) is 11.3. The van der Waals surface area contributed by atoms with Crippen LogP contribution in [0, 0.1) is 5.92 Å². The van der Waals surface area contributed by atoms with E-state index in [1.54, 1.807) is 13.2 Å². The summed E-state index contributed by atoms with van der Waals surface area (Å²) in [6.45, 7) is 2.20. The van der Waals surface area contributed by atoms with Crippen LogP contribution in [0.3, 0.4) is 0 Å². The summed E-state index contributed by atoms with van der Waals surface area (Å²) in [5.74, 6) is 1.85. The Morgan fingerprint density at radius 3 is 3.06 bits per heavy atom. The summed E-state index contributed by atoms with van der Waals surface area (Å²) in [5.41, 5.74) is 1.11. The van der Waals surface area contributed by atoms with E-state index in [4.69, 9.17) is 4.74 Å². The molecule has 3 heteroatoms. The molecule has 0 bridgehead atoms. The van der Waals surface area contributed by atoms with Crippen LogP contribution in [-0.2, 0) is 6.42 Å². The summed E-state index contributed by atoms with van der Waals surface area (Å²) in [4.78, 5) is 0. The number of benzene rings is 1. The lowest BCUT2D eigenvalue weighted by atomic mass is 9.92. The van der Waals surface area contributed by atoms with Crippen LogP contribution in [0.2, 0.25) is 0 Å². The van der Waals surface area contributed by atoms with Gasteiger partial charge in [-0.25, -0.2) is 0 Å². The van der Waals surface area contributed by atoms with Gasteiger partial charge in [-0.3, -0.25) is 0 Å².